The third-order valence-electron chi connectivity index (χ3n) is 2.89. The average Bonchev–Trinajstić information content (AvgIpc) is 2.57. The first-order valence-electron chi connectivity index (χ1n) is 5.91. The number of hydrogen-bond acceptors (Lipinski definition) is 3. The van der Waals surface area contributed by atoms with E-state index in [0.717, 1.165) is 6.42 Å². The van der Waals surface area contributed by atoms with Crippen LogP contribution >= 0.6 is 11.6 Å². The molecule has 0 radical (unpaired) electrons. The molecule has 0 bridgehead atoms. The van der Waals surface area contributed by atoms with Crippen molar-refractivity contribution in [1.82, 2.24) is 5.32 Å². The van der Waals surface area contributed by atoms with Gasteiger partial charge >= 0.3 is 0 Å². The molecule has 1 saturated heterocycles. The lowest BCUT2D eigenvalue weighted by molar-refractivity contribution is -0.124. The number of rotatable bonds is 5. The summed E-state index contributed by atoms with van der Waals surface area (Å²) in [6.45, 7) is 4.12. The van der Waals surface area contributed by atoms with Crippen molar-refractivity contribution in [2.75, 3.05) is 17.4 Å². The Bertz CT molecular complexity index is 367. The van der Waals surface area contributed by atoms with E-state index in [2.05, 4.69) is 19.2 Å². The lowest BCUT2D eigenvalue weighted by atomic mass is 10.0. The van der Waals surface area contributed by atoms with Crippen LogP contribution in [0.4, 0.5) is 0 Å². The van der Waals surface area contributed by atoms with Gasteiger partial charge in [-0.1, -0.05) is 13.8 Å². The van der Waals surface area contributed by atoms with Crippen LogP contribution in [0.1, 0.15) is 26.7 Å². The molecule has 0 aromatic heterocycles. The lowest BCUT2D eigenvalue weighted by Crippen LogP contribution is -2.41. The van der Waals surface area contributed by atoms with Gasteiger partial charge in [0.05, 0.1) is 17.4 Å². The molecule has 2 atom stereocenters. The van der Waals surface area contributed by atoms with Crippen LogP contribution in [-0.4, -0.2) is 37.8 Å². The van der Waals surface area contributed by atoms with Gasteiger partial charge in [0.2, 0.25) is 5.91 Å². The minimum atomic E-state index is -3.00. The number of alkyl halides is 1. The molecule has 17 heavy (non-hydrogen) atoms. The van der Waals surface area contributed by atoms with Crippen molar-refractivity contribution in [1.29, 1.82) is 0 Å². The van der Waals surface area contributed by atoms with Crippen LogP contribution in [0, 0.1) is 11.8 Å². The van der Waals surface area contributed by atoms with Gasteiger partial charge in [-0.05, 0) is 18.8 Å². The zero-order chi connectivity index (χ0) is 13.1. The van der Waals surface area contributed by atoms with E-state index in [1.807, 2.05) is 0 Å². The SMILES string of the molecule is CC(C)CC(CCl)NC(=O)C1CCS(=O)(=O)C1. The van der Waals surface area contributed by atoms with Crippen LogP contribution < -0.4 is 5.32 Å². The van der Waals surface area contributed by atoms with Gasteiger partial charge in [-0.15, -0.1) is 11.6 Å². The standard InChI is InChI=1S/C11H20ClNO3S/c1-8(2)5-10(6-12)13-11(14)9-3-4-17(15,16)7-9/h8-10H,3-7H2,1-2H3,(H,13,14). The zero-order valence-corrected chi connectivity index (χ0v) is 11.9. The zero-order valence-electron chi connectivity index (χ0n) is 10.3. The first-order chi connectivity index (χ1) is 7.84. The van der Waals surface area contributed by atoms with Crippen LogP contribution in [0.5, 0.6) is 0 Å². The molecule has 1 fully saturated rings. The molecule has 0 aromatic rings. The van der Waals surface area contributed by atoms with Crippen molar-refractivity contribution in [3.63, 3.8) is 0 Å². The molecule has 0 spiro atoms. The Kier molecular flexibility index (Phi) is 5.25. The quantitative estimate of drug-likeness (QED) is 0.770. The molecule has 1 heterocycles. The third-order valence-corrected chi connectivity index (χ3v) is 5.03. The summed E-state index contributed by atoms with van der Waals surface area (Å²) in [6.07, 6.45) is 1.25. The molecule has 1 aliphatic rings. The van der Waals surface area contributed by atoms with Gasteiger partial charge in [0.1, 0.15) is 0 Å². The van der Waals surface area contributed by atoms with Crippen LogP contribution in [0.15, 0.2) is 0 Å². The number of sulfone groups is 1. The summed E-state index contributed by atoms with van der Waals surface area (Å²) in [7, 11) is -3.00. The topological polar surface area (TPSA) is 63.2 Å². The smallest absolute Gasteiger partial charge is 0.224 e. The predicted molar refractivity (Wildman–Crippen MR) is 68.9 cm³/mol. The Morgan fingerprint density at radius 1 is 1.47 bits per heavy atom. The molecule has 1 rings (SSSR count). The van der Waals surface area contributed by atoms with Crippen molar-refractivity contribution in [2.24, 2.45) is 11.8 Å². The fourth-order valence-electron chi connectivity index (χ4n) is 2.05. The van der Waals surface area contributed by atoms with Crippen molar-refractivity contribution >= 4 is 27.3 Å². The fourth-order valence-corrected chi connectivity index (χ4v) is 3.99. The van der Waals surface area contributed by atoms with E-state index >= 15 is 0 Å². The number of halogens is 1. The van der Waals surface area contributed by atoms with Crippen molar-refractivity contribution in [2.45, 2.75) is 32.7 Å². The summed E-state index contributed by atoms with van der Waals surface area (Å²) in [4.78, 5) is 11.8. The molecular formula is C11H20ClNO3S. The highest BCUT2D eigenvalue weighted by Crippen LogP contribution is 2.19. The molecule has 1 aliphatic heterocycles. The van der Waals surface area contributed by atoms with Gasteiger partial charge in [0, 0.05) is 11.9 Å². The summed E-state index contributed by atoms with van der Waals surface area (Å²) < 4.78 is 22.5. The fraction of sp³-hybridized carbons (Fsp3) is 0.909. The minimum Gasteiger partial charge on any atom is -0.352 e. The third kappa shape index (κ3) is 4.84. The Morgan fingerprint density at radius 2 is 2.12 bits per heavy atom. The number of hydrogen-bond donors (Lipinski definition) is 1. The Morgan fingerprint density at radius 3 is 2.53 bits per heavy atom. The average molecular weight is 282 g/mol. The second-order valence-electron chi connectivity index (χ2n) is 5.09. The Labute approximate surface area is 108 Å². The monoisotopic (exact) mass is 281 g/mol. The van der Waals surface area contributed by atoms with Crippen molar-refractivity contribution in [3.8, 4) is 0 Å². The summed E-state index contributed by atoms with van der Waals surface area (Å²) in [5.41, 5.74) is 0. The number of nitrogens with one attached hydrogen (secondary N) is 1. The van der Waals surface area contributed by atoms with Crippen LogP contribution in [0.25, 0.3) is 0 Å². The first-order valence-corrected chi connectivity index (χ1v) is 8.26. The molecule has 4 nitrogen and oxygen atoms in total. The number of carbonyl (C=O) groups is 1. The predicted octanol–water partition coefficient (Wildman–Crippen LogP) is 1.19. The maximum Gasteiger partial charge on any atom is 0.224 e. The molecule has 1 N–H and O–H groups in total. The van der Waals surface area contributed by atoms with Gasteiger partial charge in [-0.25, -0.2) is 8.42 Å². The van der Waals surface area contributed by atoms with E-state index < -0.39 is 15.8 Å². The molecule has 6 heteroatoms. The number of carbonyl (C=O) groups excluding carboxylic acids is 1. The van der Waals surface area contributed by atoms with Crippen molar-refractivity contribution < 1.29 is 13.2 Å². The van der Waals surface area contributed by atoms with Gasteiger partial charge in [-0.3, -0.25) is 4.79 Å². The molecule has 0 aromatic carbocycles. The second-order valence-corrected chi connectivity index (χ2v) is 7.63. The van der Waals surface area contributed by atoms with Crippen molar-refractivity contribution in [3.05, 3.63) is 0 Å². The molecular weight excluding hydrogens is 262 g/mol. The molecule has 100 valence electrons. The van der Waals surface area contributed by atoms with E-state index in [0.29, 0.717) is 18.2 Å². The van der Waals surface area contributed by atoms with E-state index in [1.54, 1.807) is 0 Å². The lowest BCUT2D eigenvalue weighted by Gasteiger charge is -2.19. The van der Waals surface area contributed by atoms with Gasteiger partial charge in [-0.2, -0.15) is 0 Å². The molecule has 1 amide bonds. The summed E-state index contributed by atoms with van der Waals surface area (Å²) in [5.74, 6) is 0.362. The van der Waals surface area contributed by atoms with Crippen LogP contribution in [-0.2, 0) is 14.6 Å². The van der Waals surface area contributed by atoms with E-state index in [-0.39, 0.29) is 23.5 Å². The van der Waals surface area contributed by atoms with Gasteiger partial charge < -0.3 is 5.32 Å². The second kappa shape index (κ2) is 6.05. The highest BCUT2D eigenvalue weighted by Gasteiger charge is 2.33. The van der Waals surface area contributed by atoms with Gasteiger partial charge in [0.15, 0.2) is 9.84 Å². The summed E-state index contributed by atoms with van der Waals surface area (Å²) in [6, 6.07) is -0.0625. The maximum absolute atomic E-state index is 11.8. The maximum atomic E-state index is 11.8. The van der Waals surface area contributed by atoms with E-state index in [1.165, 1.54) is 0 Å². The first kappa shape index (κ1) is 14.8. The van der Waals surface area contributed by atoms with Crippen LogP contribution in [0.2, 0.25) is 0 Å². The van der Waals surface area contributed by atoms with Gasteiger partial charge in [0.25, 0.3) is 0 Å². The minimum absolute atomic E-state index is 0.0183. The molecule has 0 saturated carbocycles. The largest absolute Gasteiger partial charge is 0.352 e. The Hall–Kier alpha value is -0.290. The normalized spacial score (nSPS) is 24.8. The summed E-state index contributed by atoms with van der Waals surface area (Å²) >= 11 is 5.79. The summed E-state index contributed by atoms with van der Waals surface area (Å²) in [5, 5.41) is 2.84. The highest BCUT2D eigenvalue weighted by molar-refractivity contribution is 7.91. The van der Waals surface area contributed by atoms with Crippen LogP contribution in [0.3, 0.4) is 0 Å². The van der Waals surface area contributed by atoms with E-state index in [4.69, 9.17) is 11.6 Å². The Balaban J connectivity index is 2.48. The number of amides is 1. The highest BCUT2D eigenvalue weighted by atomic mass is 35.5. The molecule has 2 unspecified atom stereocenters. The van der Waals surface area contributed by atoms with E-state index in [9.17, 15) is 13.2 Å². The molecule has 0 aliphatic carbocycles.